The highest BCUT2D eigenvalue weighted by molar-refractivity contribution is 7.52. The van der Waals surface area contributed by atoms with Crippen LogP contribution in [-0.2, 0) is 14.2 Å². The van der Waals surface area contributed by atoms with Crippen LogP contribution in [-0.4, -0.2) is 37.8 Å². The summed E-state index contributed by atoms with van der Waals surface area (Å²) in [6.45, 7) is 4.47. The molecule has 0 saturated carbocycles. The number of hydrogen-bond acceptors (Lipinski definition) is 5. The minimum atomic E-state index is -5.16. The van der Waals surface area contributed by atoms with Gasteiger partial charge in [-0.15, -0.1) is 0 Å². The minimum absolute atomic E-state index is 0.0795. The number of ketones is 2. The van der Waals surface area contributed by atoms with Crippen LogP contribution in [0.1, 0.15) is 194 Å². The highest BCUT2D eigenvalue weighted by Crippen LogP contribution is 2.45. The molecule has 8 heteroatoms. The van der Waals surface area contributed by atoms with Crippen molar-refractivity contribution in [3.05, 3.63) is 24.3 Å². The van der Waals surface area contributed by atoms with E-state index < -0.39 is 30.5 Å². The molecular formula is C38H72NO6P. The Labute approximate surface area is 282 Å². The highest BCUT2D eigenvalue weighted by Gasteiger charge is 2.53. The maximum absolute atomic E-state index is 13.0. The standard InChI is InChI=1S/C38H72NO6P/c1-3-5-7-9-11-13-15-17-19-21-23-25-27-29-31-33-35(40)38(39,37(42)46(43,44)45)36(41)34-32-30-28-26-24-22-20-18-16-14-12-10-8-6-4-2/h17-20,37,42H,3-16,21-34,39H2,1-2H3,(H2,43,44,45)/b19-17+,20-18+. The minimum Gasteiger partial charge on any atom is -0.378 e. The first-order valence-corrected chi connectivity index (χ1v) is 20.7. The maximum Gasteiger partial charge on any atom is 0.356 e. The molecule has 0 aliphatic rings. The second kappa shape index (κ2) is 30.0. The van der Waals surface area contributed by atoms with Crippen LogP contribution in [0.4, 0.5) is 0 Å². The number of carbonyl (C=O) groups is 2. The van der Waals surface area contributed by atoms with Crippen LogP contribution in [0, 0.1) is 0 Å². The number of allylic oxidation sites excluding steroid dienone is 4. The van der Waals surface area contributed by atoms with Gasteiger partial charge < -0.3 is 20.6 Å². The largest absolute Gasteiger partial charge is 0.378 e. The third-order valence-electron chi connectivity index (χ3n) is 8.98. The molecular weight excluding hydrogens is 597 g/mol. The van der Waals surface area contributed by atoms with Crippen LogP contribution in [0.3, 0.4) is 0 Å². The van der Waals surface area contributed by atoms with Gasteiger partial charge in [0.05, 0.1) is 0 Å². The van der Waals surface area contributed by atoms with Crippen LogP contribution < -0.4 is 5.73 Å². The lowest BCUT2D eigenvalue weighted by Gasteiger charge is -2.31. The average molecular weight is 670 g/mol. The van der Waals surface area contributed by atoms with Crippen molar-refractivity contribution in [1.82, 2.24) is 0 Å². The molecule has 0 aromatic heterocycles. The number of aliphatic hydroxyl groups is 1. The van der Waals surface area contributed by atoms with E-state index in [0.29, 0.717) is 12.8 Å². The summed E-state index contributed by atoms with van der Waals surface area (Å²) in [6, 6.07) is 0. The summed E-state index contributed by atoms with van der Waals surface area (Å²) in [7, 11) is -5.16. The van der Waals surface area contributed by atoms with Crippen LogP contribution in [0.2, 0.25) is 0 Å². The summed E-state index contributed by atoms with van der Waals surface area (Å²) in [5.41, 5.74) is 3.51. The van der Waals surface area contributed by atoms with Crippen molar-refractivity contribution in [2.45, 2.75) is 205 Å². The maximum atomic E-state index is 13.0. The molecule has 1 unspecified atom stereocenters. The first-order chi connectivity index (χ1) is 22.1. The molecule has 0 amide bonds. The van der Waals surface area contributed by atoms with E-state index in [-0.39, 0.29) is 12.8 Å². The number of Topliss-reactive ketones (excluding diaryl/α,β-unsaturated/α-hetero) is 2. The lowest BCUT2D eigenvalue weighted by Crippen LogP contribution is -2.62. The molecule has 0 bridgehead atoms. The second-order valence-corrected chi connectivity index (χ2v) is 15.0. The van der Waals surface area contributed by atoms with Gasteiger partial charge in [0, 0.05) is 12.8 Å². The van der Waals surface area contributed by atoms with Crippen molar-refractivity contribution in [2.24, 2.45) is 5.73 Å². The first-order valence-electron chi connectivity index (χ1n) is 19.0. The predicted molar refractivity (Wildman–Crippen MR) is 194 cm³/mol. The van der Waals surface area contributed by atoms with E-state index in [9.17, 15) is 29.0 Å². The Kier molecular flexibility index (Phi) is 29.3. The molecule has 5 N–H and O–H groups in total. The SMILES string of the molecule is CCCCCCCC/C=C/CCCCCCCC(=O)C(N)(C(=O)CCCCCCC/C=C/CCCCCCCC)C(O)P(=O)(O)O. The van der Waals surface area contributed by atoms with Crippen molar-refractivity contribution in [2.75, 3.05) is 0 Å². The zero-order chi connectivity index (χ0) is 34.4. The van der Waals surface area contributed by atoms with Crippen molar-refractivity contribution in [3.8, 4) is 0 Å². The van der Waals surface area contributed by atoms with Gasteiger partial charge in [-0.1, -0.05) is 141 Å². The van der Waals surface area contributed by atoms with Crippen LogP contribution in [0.25, 0.3) is 0 Å². The smallest absolute Gasteiger partial charge is 0.356 e. The van der Waals surface area contributed by atoms with Gasteiger partial charge in [-0.05, 0) is 64.2 Å². The second-order valence-electron chi connectivity index (χ2n) is 13.3. The number of hydrogen-bond donors (Lipinski definition) is 4. The number of rotatable bonds is 34. The molecule has 1 atom stereocenters. The number of aliphatic hydroxyl groups excluding tert-OH is 1. The number of carbonyl (C=O) groups excluding carboxylic acids is 2. The fourth-order valence-corrected chi connectivity index (χ4v) is 6.65. The fraction of sp³-hybridized carbons (Fsp3) is 0.842. The van der Waals surface area contributed by atoms with Crippen LogP contribution in [0.5, 0.6) is 0 Å². The molecule has 0 rings (SSSR count). The van der Waals surface area contributed by atoms with Gasteiger partial charge in [0.1, 0.15) is 0 Å². The first kappa shape index (κ1) is 44.9. The Morgan fingerprint density at radius 3 is 1.09 bits per heavy atom. The van der Waals surface area contributed by atoms with Gasteiger partial charge in [-0.2, -0.15) is 0 Å². The van der Waals surface area contributed by atoms with Crippen molar-refractivity contribution < 1.29 is 29.0 Å². The molecule has 46 heavy (non-hydrogen) atoms. The molecule has 0 saturated heterocycles. The number of nitrogens with two attached hydrogens (primary N) is 1. The van der Waals surface area contributed by atoms with Crippen LogP contribution >= 0.6 is 7.60 Å². The van der Waals surface area contributed by atoms with E-state index in [1.807, 2.05) is 0 Å². The fourth-order valence-electron chi connectivity index (χ4n) is 5.84. The summed E-state index contributed by atoms with van der Waals surface area (Å²) in [5, 5.41) is 10.4. The molecule has 7 nitrogen and oxygen atoms in total. The van der Waals surface area contributed by atoms with Gasteiger partial charge in [-0.25, -0.2) is 0 Å². The van der Waals surface area contributed by atoms with Crippen molar-refractivity contribution >= 4 is 19.2 Å². The molecule has 0 heterocycles. The molecule has 0 aromatic carbocycles. The third-order valence-corrected chi connectivity index (χ3v) is 10.0. The van der Waals surface area contributed by atoms with E-state index in [0.717, 1.165) is 77.0 Å². The molecule has 0 fully saturated rings. The summed E-state index contributed by atoms with van der Waals surface area (Å²) < 4.78 is 11.9. The van der Waals surface area contributed by atoms with E-state index in [1.54, 1.807) is 0 Å². The normalized spacial score (nSPS) is 13.3. The van der Waals surface area contributed by atoms with E-state index in [1.165, 1.54) is 77.0 Å². The summed E-state index contributed by atoms with van der Waals surface area (Å²) in [4.78, 5) is 45.2. The summed E-state index contributed by atoms with van der Waals surface area (Å²) in [6.07, 6.45) is 37.5. The van der Waals surface area contributed by atoms with Gasteiger partial charge in [-0.3, -0.25) is 14.2 Å². The number of unbranched alkanes of at least 4 members (excludes halogenated alkanes) is 22. The summed E-state index contributed by atoms with van der Waals surface area (Å²) >= 11 is 0. The van der Waals surface area contributed by atoms with E-state index >= 15 is 0 Å². The van der Waals surface area contributed by atoms with Gasteiger partial charge in [0.15, 0.2) is 23.0 Å². The Morgan fingerprint density at radius 1 is 0.543 bits per heavy atom. The lowest BCUT2D eigenvalue weighted by molar-refractivity contribution is -0.138. The van der Waals surface area contributed by atoms with Crippen molar-refractivity contribution in [3.63, 3.8) is 0 Å². The summed E-state index contributed by atoms with van der Waals surface area (Å²) in [5.74, 6) is -4.08. The Bertz CT molecular complexity index is 800. The van der Waals surface area contributed by atoms with Gasteiger partial charge in [0.2, 0.25) is 0 Å². The molecule has 0 aliphatic heterocycles. The average Bonchev–Trinajstić information content (AvgIpc) is 3.03. The molecule has 0 spiro atoms. The monoisotopic (exact) mass is 670 g/mol. The van der Waals surface area contributed by atoms with E-state index in [4.69, 9.17) is 5.73 Å². The Hall–Kier alpha value is -1.11. The molecule has 0 radical (unpaired) electrons. The molecule has 0 aliphatic carbocycles. The topological polar surface area (TPSA) is 138 Å². The third kappa shape index (κ3) is 23.3. The predicted octanol–water partition coefficient (Wildman–Crippen LogP) is 10.4. The lowest BCUT2D eigenvalue weighted by atomic mass is 9.85. The zero-order valence-electron chi connectivity index (χ0n) is 29.8. The Balaban J connectivity index is 4.27. The quantitative estimate of drug-likeness (QED) is 0.0231. The highest BCUT2D eigenvalue weighted by atomic mass is 31.2. The van der Waals surface area contributed by atoms with Crippen molar-refractivity contribution in [1.29, 1.82) is 0 Å². The molecule has 270 valence electrons. The zero-order valence-corrected chi connectivity index (χ0v) is 30.7. The van der Waals surface area contributed by atoms with Gasteiger partial charge in [0.25, 0.3) is 0 Å². The van der Waals surface area contributed by atoms with Crippen LogP contribution in [0.15, 0.2) is 24.3 Å². The Morgan fingerprint density at radius 2 is 0.804 bits per heavy atom. The van der Waals surface area contributed by atoms with Gasteiger partial charge >= 0.3 is 7.60 Å². The molecule has 0 aromatic rings. The van der Waals surface area contributed by atoms with E-state index in [2.05, 4.69) is 38.2 Å².